The smallest absolute Gasteiger partial charge is 0.123 e. The van der Waals surface area contributed by atoms with Crippen LogP contribution in [0.1, 0.15) is 24.3 Å². The van der Waals surface area contributed by atoms with Gasteiger partial charge in [0.1, 0.15) is 5.82 Å². The summed E-state index contributed by atoms with van der Waals surface area (Å²) >= 11 is 0. The Morgan fingerprint density at radius 3 is 2.68 bits per heavy atom. The van der Waals surface area contributed by atoms with Crippen LogP contribution < -0.4 is 4.90 Å². The van der Waals surface area contributed by atoms with Crippen LogP contribution in [-0.4, -0.2) is 17.1 Å². The zero-order chi connectivity index (χ0) is 13.8. The van der Waals surface area contributed by atoms with E-state index in [2.05, 4.69) is 4.98 Å². The molecule has 3 nitrogen and oxygen atoms in total. The van der Waals surface area contributed by atoms with Crippen LogP contribution >= 0.6 is 0 Å². The number of hydrogen-bond acceptors (Lipinski definition) is 3. The third-order valence-corrected chi connectivity index (χ3v) is 2.95. The monoisotopic (exact) mass is 260 g/mol. The summed E-state index contributed by atoms with van der Waals surface area (Å²) in [6.07, 6.45) is 1.14. The number of halogens is 1. The van der Waals surface area contributed by atoms with Crippen molar-refractivity contribution in [3.8, 4) is 0 Å². The van der Waals surface area contributed by atoms with Gasteiger partial charge in [0.15, 0.2) is 0 Å². The fraction of sp³-hybridized carbons (Fsp3) is 0.267. The van der Waals surface area contributed by atoms with E-state index in [4.69, 9.17) is 0 Å². The van der Waals surface area contributed by atoms with Crippen molar-refractivity contribution in [2.45, 2.75) is 19.6 Å². The summed E-state index contributed by atoms with van der Waals surface area (Å²) in [5.41, 5.74) is 2.47. The Morgan fingerprint density at radius 1 is 1.32 bits per heavy atom. The van der Waals surface area contributed by atoms with Crippen molar-refractivity contribution in [2.75, 3.05) is 11.9 Å². The number of hydrogen-bond donors (Lipinski definition) is 1. The standard InChI is InChI=1S/C15H17FN2O/c1-11(19)15-7-6-14(9-17-15)18(2)10-12-4-3-5-13(16)8-12/h3-9,11,19H,10H2,1-2H3. The molecule has 4 heteroatoms. The molecule has 2 aromatic rings. The quantitative estimate of drug-likeness (QED) is 0.918. The van der Waals surface area contributed by atoms with Gasteiger partial charge in [-0.1, -0.05) is 12.1 Å². The number of rotatable bonds is 4. The average Bonchev–Trinajstić information content (AvgIpc) is 2.39. The van der Waals surface area contributed by atoms with E-state index in [-0.39, 0.29) is 5.82 Å². The Hall–Kier alpha value is -1.94. The van der Waals surface area contributed by atoms with Gasteiger partial charge in [-0.2, -0.15) is 0 Å². The van der Waals surface area contributed by atoms with Crippen LogP contribution in [0.4, 0.5) is 10.1 Å². The van der Waals surface area contributed by atoms with Gasteiger partial charge in [0, 0.05) is 13.6 Å². The van der Waals surface area contributed by atoms with Gasteiger partial charge in [-0.3, -0.25) is 4.98 Å². The van der Waals surface area contributed by atoms with Crippen LogP contribution in [0.2, 0.25) is 0 Å². The molecule has 1 aromatic heterocycles. The molecule has 0 aliphatic heterocycles. The first-order valence-corrected chi connectivity index (χ1v) is 6.16. The average molecular weight is 260 g/mol. The van der Waals surface area contributed by atoms with Crippen LogP contribution in [-0.2, 0) is 6.54 Å². The molecule has 0 spiro atoms. The molecule has 19 heavy (non-hydrogen) atoms. The van der Waals surface area contributed by atoms with Crippen LogP contribution in [0, 0.1) is 5.82 Å². The third-order valence-electron chi connectivity index (χ3n) is 2.95. The van der Waals surface area contributed by atoms with Crippen molar-refractivity contribution in [2.24, 2.45) is 0 Å². The second-order valence-electron chi connectivity index (χ2n) is 4.60. The lowest BCUT2D eigenvalue weighted by atomic mass is 10.2. The normalized spacial score (nSPS) is 12.2. The Balaban J connectivity index is 2.09. The molecule has 0 amide bonds. The predicted molar refractivity (Wildman–Crippen MR) is 73.4 cm³/mol. The first-order valence-electron chi connectivity index (χ1n) is 6.16. The third kappa shape index (κ3) is 3.51. The first kappa shape index (κ1) is 13.5. The minimum atomic E-state index is -0.567. The number of benzene rings is 1. The molecule has 0 aliphatic carbocycles. The van der Waals surface area contributed by atoms with Crippen molar-refractivity contribution in [1.82, 2.24) is 4.98 Å². The zero-order valence-electron chi connectivity index (χ0n) is 11.0. The molecular weight excluding hydrogens is 243 g/mol. The minimum Gasteiger partial charge on any atom is -0.387 e. The Morgan fingerprint density at radius 2 is 2.11 bits per heavy atom. The molecule has 1 heterocycles. The molecule has 0 fully saturated rings. The largest absolute Gasteiger partial charge is 0.387 e. The Bertz CT molecular complexity index is 540. The van der Waals surface area contributed by atoms with E-state index >= 15 is 0 Å². The van der Waals surface area contributed by atoms with E-state index in [0.29, 0.717) is 12.2 Å². The van der Waals surface area contributed by atoms with Crippen molar-refractivity contribution in [3.63, 3.8) is 0 Å². The van der Waals surface area contributed by atoms with Crippen LogP contribution in [0.5, 0.6) is 0 Å². The van der Waals surface area contributed by atoms with E-state index in [1.807, 2.05) is 24.1 Å². The molecule has 0 aliphatic rings. The Kier molecular flexibility index (Phi) is 4.12. The van der Waals surface area contributed by atoms with Gasteiger partial charge in [-0.15, -0.1) is 0 Å². The van der Waals surface area contributed by atoms with Crippen LogP contribution in [0.15, 0.2) is 42.6 Å². The van der Waals surface area contributed by atoms with Crippen molar-refractivity contribution >= 4 is 5.69 Å². The number of aliphatic hydroxyl groups excluding tert-OH is 1. The first-order chi connectivity index (χ1) is 9.06. The van der Waals surface area contributed by atoms with E-state index < -0.39 is 6.10 Å². The number of aromatic nitrogens is 1. The molecule has 0 saturated carbocycles. The molecule has 2 rings (SSSR count). The molecule has 100 valence electrons. The van der Waals surface area contributed by atoms with Gasteiger partial charge in [0.2, 0.25) is 0 Å². The van der Waals surface area contributed by atoms with E-state index in [1.54, 1.807) is 25.3 Å². The Labute approximate surface area is 112 Å². The number of nitrogens with zero attached hydrogens (tertiary/aromatic N) is 2. The molecular formula is C15H17FN2O. The minimum absolute atomic E-state index is 0.228. The van der Waals surface area contributed by atoms with Crippen molar-refractivity contribution < 1.29 is 9.50 Å². The topological polar surface area (TPSA) is 36.4 Å². The summed E-state index contributed by atoms with van der Waals surface area (Å²) in [7, 11) is 1.92. The fourth-order valence-electron chi connectivity index (χ4n) is 1.87. The number of aliphatic hydroxyl groups is 1. The van der Waals surface area contributed by atoms with Gasteiger partial charge in [0.05, 0.1) is 23.7 Å². The van der Waals surface area contributed by atoms with Crippen molar-refractivity contribution in [3.05, 3.63) is 59.7 Å². The molecule has 0 bridgehead atoms. The SMILES string of the molecule is CC(O)c1ccc(N(C)Cc2cccc(F)c2)cn1. The summed E-state index contributed by atoms with van der Waals surface area (Å²) < 4.78 is 13.1. The van der Waals surface area contributed by atoms with Gasteiger partial charge in [-0.05, 0) is 36.8 Å². The fourth-order valence-corrected chi connectivity index (χ4v) is 1.87. The highest BCUT2D eigenvalue weighted by Gasteiger charge is 2.06. The summed E-state index contributed by atoms with van der Waals surface area (Å²) in [5.74, 6) is -0.228. The lowest BCUT2D eigenvalue weighted by molar-refractivity contribution is 0.194. The zero-order valence-corrected chi connectivity index (χ0v) is 11.0. The summed E-state index contributed by atoms with van der Waals surface area (Å²) in [4.78, 5) is 6.17. The highest BCUT2D eigenvalue weighted by molar-refractivity contribution is 5.44. The van der Waals surface area contributed by atoms with Crippen LogP contribution in [0.25, 0.3) is 0 Å². The second-order valence-corrected chi connectivity index (χ2v) is 4.60. The van der Waals surface area contributed by atoms with Gasteiger partial charge < -0.3 is 10.0 Å². The highest BCUT2D eigenvalue weighted by Crippen LogP contribution is 2.17. The van der Waals surface area contributed by atoms with Crippen LogP contribution in [0.3, 0.4) is 0 Å². The molecule has 1 N–H and O–H groups in total. The van der Waals surface area contributed by atoms with Gasteiger partial charge in [0.25, 0.3) is 0 Å². The maximum Gasteiger partial charge on any atom is 0.123 e. The van der Waals surface area contributed by atoms with Gasteiger partial charge >= 0.3 is 0 Å². The van der Waals surface area contributed by atoms with E-state index in [0.717, 1.165) is 11.3 Å². The summed E-state index contributed by atoms with van der Waals surface area (Å²) in [5, 5.41) is 9.40. The lowest BCUT2D eigenvalue weighted by Gasteiger charge is -2.19. The predicted octanol–water partition coefficient (Wildman–Crippen LogP) is 2.91. The van der Waals surface area contributed by atoms with Gasteiger partial charge in [-0.25, -0.2) is 4.39 Å². The second kappa shape index (κ2) is 5.80. The molecule has 1 aromatic carbocycles. The maximum absolute atomic E-state index is 13.1. The molecule has 1 unspecified atom stereocenters. The summed E-state index contributed by atoms with van der Waals surface area (Å²) in [6, 6.07) is 10.2. The molecule has 0 saturated heterocycles. The number of pyridine rings is 1. The lowest BCUT2D eigenvalue weighted by Crippen LogP contribution is -2.16. The van der Waals surface area contributed by atoms with E-state index in [9.17, 15) is 9.50 Å². The van der Waals surface area contributed by atoms with E-state index in [1.165, 1.54) is 12.1 Å². The highest BCUT2D eigenvalue weighted by atomic mass is 19.1. The summed E-state index contributed by atoms with van der Waals surface area (Å²) in [6.45, 7) is 2.28. The molecule has 1 atom stereocenters. The molecule has 0 radical (unpaired) electrons. The maximum atomic E-state index is 13.1. The van der Waals surface area contributed by atoms with Crippen molar-refractivity contribution in [1.29, 1.82) is 0 Å². The number of anilines is 1.